The van der Waals surface area contributed by atoms with Gasteiger partial charge in [-0.2, -0.15) is 0 Å². The highest BCUT2D eigenvalue weighted by Crippen LogP contribution is 2.29. The van der Waals surface area contributed by atoms with Crippen molar-refractivity contribution in [3.8, 4) is 0 Å². The second kappa shape index (κ2) is 5.25. The summed E-state index contributed by atoms with van der Waals surface area (Å²) in [7, 11) is 0. The number of azide groups is 1. The highest BCUT2D eigenvalue weighted by molar-refractivity contribution is 6.33. The summed E-state index contributed by atoms with van der Waals surface area (Å²) in [4.78, 5) is 2.71. The van der Waals surface area contributed by atoms with Gasteiger partial charge >= 0.3 is 0 Å². The highest BCUT2D eigenvalue weighted by atomic mass is 35.5. The molecule has 0 radical (unpaired) electrons. The van der Waals surface area contributed by atoms with Gasteiger partial charge in [0.15, 0.2) is 0 Å². The van der Waals surface area contributed by atoms with E-state index in [2.05, 4.69) is 15.3 Å². The van der Waals surface area contributed by atoms with Crippen molar-refractivity contribution < 1.29 is 0 Å². The molecule has 4 nitrogen and oxygen atoms in total. The molecule has 84 valence electrons. The SMILES string of the molecule is [N-]=[N+]=Nc1ccc(Nc2ccccc2)c(Cl)c1. The van der Waals surface area contributed by atoms with E-state index in [9.17, 15) is 0 Å². The molecule has 0 bridgehead atoms. The van der Waals surface area contributed by atoms with Crippen LogP contribution >= 0.6 is 11.6 Å². The van der Waals surface area contributed by atoms with Crippen LogP contribution in [-0.4, -0.2) is 0 Å². The zero-order valence-corrected chi connectivity index (χ0v) is 9.59. The summed E-state index contributed by atoms with van der Waals surface area (Å²) in [6, 6.07) is 14.8. The monoisotopic (exact) mass is 244 g/mol. The Morgan fingerprint density at radius 2 is 1.88 bits per heavy atom. The Labute approximate surface area is 103 Å². The molecule has 1 N–H and O–H groups in total. The standard InChI is InChI=1S/C12H9ClN4/c13-11-8-10(16-17-14)6-7-12(11)15-9-4-2-1-3-5-9/h1-8,15H. The largest absolute Gasteiger partial charge is 0.354 e. The minimum Gasteiger partial charge on any atom is -0.354 e. The van der Waals surface area contributed by atoms with Crippen LogP contribution in [0.25, 0.3) is 10.4 Å². The van der Waals surface area contributed by atoms with E-state index < -0.39 is 0 Å². The third kappa shape index (κ3) is 2.91. The van der Waals surface area contributed by atoms with Gasteiger partial charge in [-0.25, -0.2) is 0 Å². The predicted octanol–water partition coefficient (Wildman–Crippen LogP) is 5.03. The highest BCUT2D eigenvalue weighted by Gasteiger charge is 2.01. The zero-order chi connectivity index (χ0) is 12.1. The lowest BCUT2D eigenvalue weighted by atomic mass is 10.2. The fraction of sp³-hybridized carbons (Fsp3) is 0. The normalized spacial score (nSPS) is 9.47. The molecule has 17 heavy (non-hydrogen) atoms. The van der Waals surface area contributed by atoms with Crippen LogP contribution in [0, 0.1) is 0 Å². The van der Waals surface area contributed by atoms with Crippen molar-refractivity contribution in [2.24, 2.45) is 5.11 Å². The van der Waals surface area contributed by atoms with E-state index in [1.807, 2.05) is 30.3 Å². The minimum absolute atomic E-state index is 0.496. The first-order valence-electron chi connectivity index (χ1n) is 4.96. The van der Waals surface area contributed by atoms with Crippen LogP contribution in [0.1, 0.15) is 0 Å². The molecular formula is C12H9ClN4. The van der Waals surface area contributed by atoms with Crippen molar-refractivity contribution in [3.63, 3.8) is 0 Å². The molecule has 0 saturated carbocycles. The summed E-state index contributed by atoms with van der Waals surface area (Å²) in [6.07, 6.45) is 0. The zero-order valence-electron chi connectivity index (χ0n) is 8.84. The van der Waals surface area contributed by atoms with Gasteiger partial charge in [-0.15, -0.1) is 0 Å². The van der Waals surface area contributed by atoms with Crippen LogP contribution in [0.5, 0.6) is 0 Å². The van der Waals surface area contributed by atoms with Crippen LogP contribution in [0.15, 0.2) is 53.6 Å². The number of rotatable bonds is 3. The molecular weight excluding hydrogens is 236 g/mol. The summed E-state index contributed by atoms with van der Waals surface area (Å²) in [5.41, 5.74) is 10.5. The molecule has 0 unspecified atom stereocenters. The maximum Gasteiger partial charge on any atom is 0.0645 e. The van der Waals surface area contributed by atoms with Gasteiger partial charge in [-0.1, -0.05) is 41.0 Å². The Balaban J connectivity index is 2.25. The van der Waals surface area contributed by atoms with E-state index in [0.717, 1.165) is 11.4 Å². The van der Waals surface area contributed by atoms with E-state index in [1.54, 1.807) is 18.2 Å². The average molecular weight is 245 g/mol. The summed E-state index contributed by atoms with van der Waals surface area (Å²) in [5, 5.41) is 7.17. The van der Waals surface area contributed by atoms with Crippen molar-refractivity contribution in [1.29, 1.82) is 0 Å². The van der Waals surface area contributed by atoms with Crippen molar-refractivity contribution in [1.82, 2.24) is 0 Å². The number of hydrogen-bond acceptors (Lipinski definition) is 2. The third-order valence-corrected chi connectivity index (χ3v) is 2.48. The van der Waals surface area contributed by atoms with E-state index in [1.165, 1.54) is 0 Å². The smallest absolute Gasteiger partial charge is 0.0645 e. The van der Waals surface area contributed by atoms with Gasteiger partial charge in [0.05, 0.1) is 10.7 Å². The van der Waals surface area contributed by atoms with E-state index in [4.69, 9.17) is 17.1 Å². The van der Waals surface area contributed by atoms with E-state index in [-0.39, 0.29) is 0 Å². The number of hydrogen-bond donors (Lipinski definition) is 1. The number of para-hydroxylation sites is 1. The van der Waals surface area contributed by atoms with Crippen molar-refractivity contribution in [2.75, 3.05) is 5.32 Å². The second-order valence-electron chi connectivity index (χ2n) is 3.34. The van der Waals surface area contributed by atoms with Crippen LogP contribution in [-0.2, 0) is 0 Å². The van der Waals surface area contributed by atoms with Crippen molar-refractivity contribution in [3.05, 3.63) is 64.0 Å². The topological polar surface area (TPSA) is 60.8 Å². The minimum atomic E-state index is 0.496. The molecule has 0 aliphatic rings. The molecule has 0 fully saturated rings. The third-order valence-electron chi connectivity index (χ3n) is 2.17. The maximum atomic E-state index is 8.31. The molecule has 2 rings (SSSR count). The molecule has 0 saturated heterocycles. The average Bonchev–Trinajstić information content (AvgIpc) is 2.34. The first-order valence-corrected chi connectivity index (χ1v) is 5.34. The Morgan fingerprint density at radius 3 is 2.53 bits per heavy atom. The number of benzene rings is 2. The molecule has 0 atom stereocenters. The molecule has 2 aromatic carbocycles. The van der Waals surface area contributed by atoms with Gasteiger partial charge in [0.25, 0.3) is 0 Å². The van der Waals surface area contributed by atoms with Gasteiger partial charge in [0, 0.05) is 16.3 Å². The lowest BCUT2D eigenvalue weighted by Crippen LogP contribution is -1.90. The summed E-state index contributed by atoms with van der Waals surface area (Å²) >= 11 is 6.07. The molecule has 0 aliphatic carbocycles. The Bertz CT molecular complexity index is 562. The molecule has 0 spiro atoms. The van der Waals surface area contributed by atoms with Crippen LogP contribution in [0.2, 0.25) is 5.02 Å². The number of anilines is 2. The van der Waals surface area contributed by atoms with Gasteiger partial charge in [-0.05, 0) is 29.8 Å². The summed E-state index contributed by atoms with van der Waals surface area (Å²) in [5.74, 6) is 0. The van der Waals surface area contributed by atoms with Crippen LogP contribution in [0.3, 0.4) is 0 Å². The van der Waals surface area contributed by atoms with E-state index in [0.29, 0.717) is 10.7 Å². The summed E-state index contributed by atoms with van der Waals surface area (Å²) < 4.78 is 0. The summed E-state index contributed by atoms with van der Waals surface area (Å²) in [6.45, 7) is 0. The quantitative estimate of drug-likeness (QED) is 0.460. The second-order valence-corrected chi connectivity index (χ2v) is 3.75. The lowest BCUT2D eigenvalue weighted by Gasteiger charge is -2.08. The Hall–Kier alpha value is -2.16. The van der Waals surface area contributed by atoms with Gasteiger partial charge in [0.1, 0.15) is 0 Å². The first kappa shape index (κ1) is 11.3. The molecule has 0 amide bonds. The van der Waals surface area contributed by atoms with Gasteiger partial charge in [-0.3, -0.25) is 0 Å². The van der Waals surface area contributed by atoms with Crippen molar-refractivity contribution >= 4 is 28.7 Å². The Morgan fingerprint density at radius 1 is 1.12 bits per heavy atom. The lowest BCUT2D eigenvalue weighted by molar-refractivity contribution is 1.46. The van der Waals surface area contributed by atoms with E-state index >= 15 is 0 Å². The number of nitrogens with zero attached hydrogens (tertiary/aromatic N) is 3. The predicted molar refractivity (Wildman–Crippen MR) is 70.0 cm³/mol. The fourth-order valence-electron chi connectivity index (χ4n) is 1.40. The van der Waals surface area contributed by atoms with Crippen molar-refractivity contribution in [2.45, 2.75) is 0 Å². The number of halogens is 1. The Kier molecular flexibility index (Phi) is 3.50. The maximum absolute atomic E-state index is 8.31. The fourth-order valence-corrected chi connectivity index (χ4v) is 1.62. The van der Waals surface area contributed by atoms with Gasteiger partial charge in [0.2, 0.25) is 0 Å². The van der Waals surface area contributed by atoms with Crippen LogP contribution in [0.4, 0.5) is 17.1 Å². The van der Waals surface area contributed by atoms with Crippen LogP contribution < -0.4 is 5.32 Å². The molecule has 5 heteroatoms. The first-order chi connectivity index (χ1) is 8.29. The number of nitrogens with one attached hydrogen (secondary N) is 1. The molecule has 0 heterocycles. The molecule has 0 aliphatic heterocycles. The van der Waals surface area contributed by atoms with Gasteiger partial charge < -0.3 is 5.32 Å². The molecule has 2 aromatic rings. The molecule has 0 aromatic heterocycles.